The van der Waals surface area contributed by atoms with E-state index in [1.54, 1.807) is 13.0 Å². The smallest absolute Gasteiger partial charge is 0.269 e. The summed E-state index contributed by atoms with van der Waals surface area (Å²) in [5, 5.41) is 15.7. The molecule has 0 atom stereocenters. The van der Waals surface area contributed by atoms with Gasteiger partial charge in [0, 0.05) is 17.8 Å². The maximum atomic E-state index is 12.4. The van der Waals surface area contributed by atoms with Crippen LogP contribution in [0.2, 0.25) is 0 Å². The molecule has 0 heterocycles. The monoisotopic (exact) mass is 320 g/mol. The highest BCUT2D eigenvalue weighted by atomic mass is 16.6. The van der Waals surface area contributed by atoms with Gasteiger partial charge >= 0.3 is 0 Å². The Morgan fingerprint density at radius 2 is 1.83 bits per heavy atom. The largest absolute Gasteiger partial charge is 0.326 e. The number of anilines is 1. The van der Waals surface area contributed by atoms with Gasteiger partial charge in [-0.25, -0.2) is 0 Å². The number of rotatable bonds is 4. The van der Waals surface area contributed by atoms with Gasteiger partial charge in [-0.05, 0) is 34.9 Å². The van der Waals surface area contributed by atoms with Gasteiger partial charge in [-0.15, -0.1) is 0 Å². The van der Waals surface area contributed by atoms with Crippen LogP contribution in [0.1, 0.15) is 11.1 Å². The molecule has 0 aliphatic heterocycles. The maximum absolute atomic E-state index is 12.4. The van der Waals surface area contributed by atoms with E-state index in [4.69, 9.17) is 0 Å². The van der Waals surface area contributed by atoms with E-state index in [2.05, 4.69) is 5.32 Å². The van der Waals surface area contributed by atoms with Gasteiger partial charge in [0.25, 0.3) is 5.69 Å². The molecule has 0 bridgehead atoms. The topological polar surface area (TPSA) is 72.2 Å². The Labute approximate surface area is 139 Å². The lowest BCUT2D eigenvalue weighted by Crippen LogP contribution is -2.15. The Kier molecular flexibility index (Phi) is 4.24. The molecule has 0 aromatic heterocycles. The fourth-order valence-electron chi connectivity index (χ4n) is 2.72. The van der Waals surface area contributed by atoms with Crippen molar-refractivity contribution in [3.63, 3.8) is 0 Å². The number of nitrogens with zero attached hydrogens (tertiary/aromatic N) is 1. The van der Waals surface area contributed by atoms with E-state index in [0.29, 0.717) is 11.3 Å². The predicted molar refractivity (Wildman–Crippen MR) is 94.1 cm³/mol. The Balaban J connectivity index is 1.79. The molecule has 0 saturated heterocycles. The molecule has 3 rings (SSSR count). The Morgan fingerprint density at radius 1 is 1.08 bits per heavy atom. The number of aryl methyl sites for hydroxylation is 1. The van der Waals surface area contributed by atoms with Crippen LogP contribution in [0.4, 0.5) is 11.4 Å². The van der Waals surface area contributed by atoms with Crippen molar-refractivity contribution in [1.82, 2.24) is 0 Å². The first-order chi connectivity index (χ1) is 11.5. The zero-order valence-corrected chi connectivity index (χ0v) is 13.2. The van der Waals surface area contributed by atoms with Crippen LogP contribution in [0, 0.1) is 17.0 Å². The molecule has 0 saturated carbocycles. The van der Waals surface area contributed by atoms with Crippen LogP contribution in [0.3, 0.4) is 0 Å². The fourth-order valence-corrected chi connectivity index (χ4v) is 2.72. The van der Waals surface area contributed by atoms with E-state index in [-0.39, 0.29) is 18.0 Å². The molecule has 5 heteroatoms. The minimum Gasteiger partial charge on any atom is -0.326 e. The second-order valence-electron chi connectivity index (χ2n) is 5.62. The fraction of sp³-hybridized carbons (Fsp3) is 0.105. The number of nitro benzene ring substituents is 1. The summed E-state index contributed by atoms with van der Waals surface area (Å²) in [4.78, 5) is 22.7. The molecule has 0 radical (unpaired) electrons. The van der Waals surface area contributed by atoms with Gasteiger partial charge in [-0.2, -0.15) is 0 Å². The molecule has 0 aliphatic carbocycles. The van der Waals surface area contributed by atoms with Gasteiger partial charge in [-0.3, -0.25) is 14.9 Å². The zero-order valence-electron chi connectivity index (χ0n) is 13.2. The summed E-state index contributed by atoms with van der Waals surface area (Å²) in [6.45, 7) is 1.74. The van der Waals surface area contributed by atoms with Crippen molar-refractivity contribution in [2.24, 2.45) is 0 Å². The quantitative estimate of drug-likeness (QED) is 0.577. The molecule has 1 amide bonds. The molecule has 120 valence electrons. The molecule has 5 nitrogen and oxygen atoms in total. The summed E-state index contributed by atoms with van der Waals surface area (Å²) in [5.74, 6) is -0.150. The highest BCUT2D eigenvalue weighted by Gasteiger charge is 2.11. The molecule has 0 unspecified atom stereocenters. The van der Waals surface area contributed by atoms with Crippen LogP contribution in [0.25, 0.3) is 10.8 Å². The van der Waals surface area contributed by atoms with Gasteiger partial charge in [0.1, 0.15) is 0 Å². The molecule has 1 N–H and O–H groups in total. The molecule has 0 fully saturated rings. The Hall–Kier alpha value is -3.21. The normalized spacial score (nSPS) is 10.5. The number of hydrogen-bond donors (Lipinski definition) is 1. The number of hydrogen-bond acceptors (Lipinski definition) is 3. The first-order valence-electron chi connectivity index (χ1n) is 7.56. The number of benzene rings is 3. The summed E-state index contributed by atoms with van der Waals surface area (Å²) < 4.78 is 0. The molecular formula is C19H16N2O3. The van der Waals surface area contributed by atoms with E-state index in [0.717, 1.165) is 16.3 Å². The van der Waals surface area contributed by atoms with Crippen molar-refractivity contribution in [1.29, 1.82) is 0 Å². The van der Waals surface area contributed by atoms with E-state index in [1.807, 2.05) is 42.5 Å². The lowest BCUT2D eigenvalue weighted by atomic mass is 10.0. The first-order valence-corrected chi connectivity index (χ1v) is 7.56. The minimum atomic E-state index is -0.450. The standard InChI is InChI=1S/C19H16N2O3/c1-13-11-16(21(23)24)9-10-18(13)20-19(22)12-15-7-4-6-14-5-2-3-8-17(14)15/h2-11H,12H2,1H3,(H,20,22). The zero-order chi connectivity index (χ0) is 17.1. The summed E-state index contributed by atoms with van der Waals surface area (Å²) in [5.41, 5.74) is 2.21. The second-order valence-corrected chi connectivity index (χ2v) is 5.62. The third kappa shape index (κ3) is 3.25. The van der Waals surface area contributed by atoms with Crippen LogP contribution in [-0.2, 0) is 11.2 Å². The third-order valence-electron chi connectivity index (χ3n) is 3.93. The van der Waals surface area contributed by atoms with Gasteiger partial charge in [0.2, 0.25) is 5.91 Å². The summed E-state index contributed by atoms with van der Waals surface area (Å²) >= 11 is 0. The van der Waals surface area contributed by atoms with Crippen LogP contribution in [0.5, 0.6) is 0 Å². The van der Waals surface area contributed by atoms with Crippen molar-refractivity contribution < 1.29 is 9.72 Å². The minimum absolute atomic E-state index is 0.0135. The average Bonchev–Trinajstić information content (AvgIpc) is 2.57. The second kappa shape index (κ2) is 6.50. The third-order valence-corrected chi connectivity index (χ3v) is 3.93. The average molecular weight is 320 g/mol. The van der Waals surface area contributed by atoms with Crippen molar-refractivity contribution in [2.75, 3.05) is 5.32 Å². The van der Waals surface area contributed by atoms with Crippen LogP contribution < -0.4 is 5.32 Å². The van der Waals surface area contributed by atoms with Crippen molar-refractivity contribution in [3.05, 3.63) is 81.9 Å². The first kappa shape index (κ1) is 15.7. The van der Waals surface area contributed by atoms with Gasteiger partial charge in [0.15, 0.2) is 0 Å². The maximum Gasteiger partial charge on any atom is 0.269 e. The van der Waals surface area contributed by atoms with Crippen molar-refractivity contribution in [3.8, 4) is 0 Å². The number of nitro groups is 1. The van der Waals surface area contributed by atoms with Gasteiger partial charge in [-0.1, -0.05) is 42.5 Å². The van der Waals surface area contributed by atoms with Crippen LogP contribution in [-0.4, -0.2) is 10.8 Å². The molecular weight excluding hydrogens is 304 g/mol. The van der Waals surface area contributed by atoms with Gasteiger partial charge < -0.3 is 5.32 Å². The number of nitrogens with one attached hydrogen (secondary N) is 1. The molecule has 0 aliphatic rings. The molecule has 0 spiro atoms. The summed E-state index contributed by atoms with van der Waals surface area (Å²) in [6.07, 6.45) is 0.248. The van der Waals surface area contributed by atoms with E-state index >= 15 is 0 Å². The lowest BCUT2D eigenvalue weighted by Gasteiger charge is -2.10. The SMILES string of the molecule is Cc1cc([N+](=O)[O-])ccc1NC(=O)Cc1cccc2ccccc12. The molecule has 3 aromatic carbocycles. The number of carbonyl (C=O) groups excluding carboxylic acids is 1. The highest BCUT2D eigenvalue weighted by Crippen LogP contribution is 2.22. The van der Waals surface area contributed by atoms with Crippen molar-refractivity contribution in [2.45, 2.75) is 13.3 Å². The van der Waals surface area contributed by atoms with Crippen LogP contribution in [0.15, 0.2) is 60.7 Å². The predicted octanol–water partition coefficient (Wildman–Crippen LogP) is 4.24. The molecule has 3 aromatic rings. The summed E-state index contributed by atoms with van der Waals surface area (Å²) in [7, 11) is 0. The Morgan fingerprint density at radius 3 is 2.58 bits per heavy atom. The number of amides is 1. The lowest BCUT2D eigenvalue weighted by molar-refractivity contribution is -0.384. The van der Waals surface area contributed by atoms with E-state index in [1.165, 1.54) is 12.1 Å². The molecule has 24 heavy (non-hydrogen) atoms. The Bertz CT molecular complexity index is 930. The summed E-state index contributed by atoms with van der Waals surface area (Å²) in [6, 6.07) is 18.2. The van der Waals surface area contributed by atoms with E-state index in [9.17, 15) is 14.9 Å². The number of carbonyl (C=O) groups is 1. The van der Waals surface area contributed by atoms with Gasteiger partial charge in [0.05, 0.1) is 11.3 Å². The number of fused-ring (bicyclic) bond motifs is 1. The number of non-ortho nitro benzene ring substituents is 1. The van der Waals surface area contributed by atoms with Crippen molar-refractivity contribution >= 4 is 28.1 Å². The highest BCUT2D eigenvalue weighted by molar-refractivity contribution is 5.96. The van der Waals surface area contributed by atoms with Crippen LogP contribution >= 0.6 is 0 Å². The van der Waals surface area contributed by atoms with E-state index < -0.39 is 4.92 Å².